The van der Waals surface area contributed by atoms with Gasteiger partial charge in [-0.25, -0.2) is 13.1 Å². The smallest absolute Gasteiger partial charge is 0.243 e. The highest BCUT2D eigenvalue weighted by molar-refractivity contribution is 8.00. The van der Waals surface area contributed by atoms with Gasteiger partial charge in [0.1, 0.15) is 0 Å². The molecule has 0 aliphatic rings. The van der Waals surface area contributed by atoms with Gasteiger partial charge in [-0.05, 0) is 42.0 Å². The third kappa shape index (κ3) is 4.85. The maximum Gasteiger partial charge on any atom is 0.243 e. The van der Waals surface area contributed by atoms with Gasteiger partial charge in [-0.2, -0.15) is 4.31 Å². The van der Waals surface area contributed by atoms with Crippen molar-refractivity contribution in [3.05, 3.63) is 23.8 Å². The molecule has 1 aromatic carbocycles. The lowest BCUT2D eigenvalue weighted by molar-refractivity contribution is -0.115. The summed E-state index contributed by atoms with van der Waals surface area (Å²) in [7, 11) is -1.92. The lowest BCUT2D eigenvalue weighted by atomic mass is 10.2. The quantitative estimate of drug-likeness (QED) is 0.657. The first-order valence-electron chi connectivity index (χ1n) is 8.51. The van der Waals surface area contributed by atoms with Crippen LogP contribution in [0.4, 0.5) is 5.69 Å². The third-order valence-electron chi connectivity index (χ3n) is 4.01. The van der Waals surface area contributed by atoms with E-state index in [-0.39, 0.29) is 10.8 Å². The Bertz CT molecular complexity index is 909. The molecule has 0 aliphatic carbocycles. The molecule has 0 bridgehead atoms. The maximum absolute atomic E-state index is 12.8. The second kappa shape index (κ2) is 8.81. The van der Waals surface area contributed by atoms with Crippen molar-refractivity contribution in [1.82, 2.24) is 24.5 Å². The minimum atomic E-state index is -3.61. The summed E-state index contributed by atoms with van der Waals surface area (Å²) in [5.74, 6) is -0.266. The summed E-state index contributed by atoms with van der Waals surface area (Å²) in [5, 5.41) is 13.9. The number of amides is 1. The van der Waals surface area contributed by atoms with Gasteiger partial charge in [0.25, 0.3) is 0 Å². The topological polar surface area (TPSA) is 110 Å². The molecule has 11 heteroatoms. The summed E-state index contributed by atoms with van der Waals surface area (Å²) in [6.07, 6.45) is 0. The number of tetrazole rings is 1. The second-order valence-corrected chi connectivity index (χ2v) is 9.12. The number of anilines is 1. The molecule has 0 radical (unpaired) electrons. The van der Waals surface area contributed by atoms with Crippen molar-refractivity contribution in [2.75, 3.05) is 18.4 Å². The maximum atomic E-state index is 12.8. The molecule has 2 rings (SSSR count). The number of nitrogens with zero attached hydrogens (tertiary/aromatic N) is 5. The Kier molecular flexibility index (Phi) is 6.95. The summed E-state index contributed by atoms with van der Waals surface area (Å²) in [6, 6.07) is 4.88. The van der Waals surface area contributed by atoms with E-state index >= 15 is 0 Å². The molecule has 0 saturated carbocycles. The number of carbonyl (C=O) groups is 1. The molecule has 1 aromatic heterocycles. The fourth-order valence-corrected chi connectivity index (χ4v) is 4.90. The molecule has 9 nitrogen and oxygen atoms in total. The highest BCUT2D eigenvalue weighted by Gasteiger charge is 2.24. The molecule has 1 atom stereocenters. The molecule has 1 heterocycles. The van der Waals surface area contributed by atoms with Gasteiger partial charge in [-0.15, -0.1) is 5.10 Å². The summed E-state index contributed by atoms with van der Waals surface area (Å²) >= 11 is 1.22. The lowest BCUT2D eigenvalue weighted by Gasteiger charge is -2.20. The molecular weight excluding hydrogens is 388 g/mol. The summed E-state index contributed by atoms with van der Waals surface area (Å²) in [6.45, 7) is 7.82. The number of benzene rings is 1. The fraction of sp³-hybridized carbons (Fsp3) is 0.500. The molecule has 1 amide bonds. The van der Waals surface area contributed by atoms with Crippen molar-refractivity contribution in [3.8, 4) is 0 Å². The van der Waals surface area contributed by atoms with Crippen LogP contribution in [-0.2, 0) is 21.9 Å². The van der Waals surface area contributed by atoms with E-state index < -0.39 is 15.3 Å². The first kappa shape index (κ1) is 21.3. The zero-order valence-electron chi connectivity index (χ0n) is 16.0. The Morgan fingerprint density at radius 3 is 2.56 bits per heavy atom. The SMILES string of the molecule is CCN(CC)S(=O)(=O)c1cc(NC(=O)[C@@H](C)Sc2nnnn2C)ccc1C. The number of rotatable bonds is 8. The first-order valence-corrected chi connectivity index (χ1v) is 10.8. The molecule has 1 N–H and O–H groups in total. The summed E-state index contributed by atoms with van der Waals surface area (Å²) < 4.78 is 28.5. The normalized spacial score (nSPS) is 13.0. The van der Waals surface area contributed by atoms with Crippen LogP contribution in [0.1, 0.15) is 26.3 Å². The largest absolute Gasteiger partial charge is 0.325 e. The Morgan fingerprint density at radius 1 is 1.33 bits per heavy atom. The van der Waals surface area contributed by atoms with Gasteiger partial charge >= 0.3 is 0 Å². The number of hydrogen-bond donors (Lipinski definition) is 1. The van der Waals surface area contributed by atoms with Gasteiger partial charge in [-0.3, -0.25) is 4.79 Å². The van der Waals surface area contributed by atoms with Crippen LogP contribution >= 0.6 is 11.8 Å². The van der Waals surface area contributed by atoms with Gasteiger partial charge in [0.15, 0.2) is 0 Å². The number of hydrogen-bond acceptors (Lipinski definition) is 7. The van der Waals surface area contributed by atoms with E-state index in [9.17, 15) is 13.2 Å². The van der Waals surface area contributed by atoms with Gasteiger partial charge in [-0.1, -0.05) is 31.7 Å². The van der Waals surface area contributed by atoms with Crippen LogP contribution in [-0.4, -0.2) is 57.2 Å². The average molecular weight is 413 g/mol. The summed E-state index contributed by atoms with van der Waals surface area (Å²) in [4.78, 5) is 12.7. The van der Waals surface area contributed by atoms with E-state index in [0.29, 0.717) is 29.5 Å². The molecule has 148 valence electrons. The zero-order chi connectivity index (χ0) is 20.2. The summed E-state index contributed by atoms with van der Waals surface area (Å²) in [5.41, 5.74) is 1.06. The highest BCUT2D eigenvalue weighted by Crippen LogP contribution is 2.25. The molecule has 0 fully saturated rings. The van der Waals surface area contributed by atoms with E-state index in [1.807, 2.05) is 0 Å². The van der Waals surface area contributed by atoms with Crippen molar-refractivity contribution in [2.24, 2.45) is 7.05 Å². The fourth-order valence-electron chi connectivity index (χ4n) is 2.43. The van der Waals surface area contributed by atoms with E-state index in [1.54, 1.807) is 46.9 Å². The number of aryl methyl sites for hydroxylation is 2. The van der Waals surface area contributed by atoms with Crippen LogP contribution < -0.4 is 5.32 Å². The van der Waals surface area contributed by atoms with Crippen LogP contribution in [0.5, 0.6) is 0 Å². The average Bonchev–Trinajstić information content (AvgIpc) is 3.02. The Hall–Kier alpha value is -1.98. The molecule has 27 heavy (non-hydrogen) atoms. The van der Waals surface area contributed by atoms with Crippen molar-refractivity contribution in [1.29, 1.82) is 0 Å². The molecule has 2 aromatic rings. The van der Waals surface area contributed by atoms with E-state index in [4.69, 9.17) is 0 Å². The molecule has 0 saturated heterocycles. The Labute approximate surface area is 163 Å². The monoisotopic (exact) mass is 412 g/mol. The predicted molar refractivity (Wildman–Crippen MR) is 104 cm³/mol. The molecule has 0 spiro atoms. The van der Waals surface area contributed by atoms with Gasteiger partial charge in [0.2, 0.25) is 21.1 Å². The third-order valence-corrected chi connectivity index (χ3v) is 7.33. The molecule has 0 unspecified atom stereocenters. The van der Waals surface area contributed by atoms with Crippen LogP contribution in [0.3, 0.4) is 0 Å². The highest BCUT2D eigenvalue weighted by atomic mass is 32.2. The van der Waals surface area contributed by atoms with Gasteiger partial charge < -0.3 is 5.32 Å². The van der Waals surface area contributed by atoms with Crippen LogP contribution in [0.2, 0.25) is 0 Å². The van der Waals surface area contributed by atoms with Gasteiger partial charge in [0, 0.05) is 25.8 Å². The number of carbonyl (C=O) groups excluding carboxylic acids is 1. The minimum absolute atomic E-state index is 0.196. The lowest BCUT2D eigenvalue weighted by Crippen LogP contribution is -2.31. The second-order valence-electron chi connectivity index (χ2n) is 5.90. The van der Waals surface area contributed by atoms with E-state index in [2.05, 4.69) is 20.8 Å². The van der Waals surface area contributed by atoms with Crippen molar-refractivity contribution in [3.63, 3.8) is 0 Å². The molecular formula is C16H24N6O3S2. The number of thioether (sulfide) groups is 1. The van der Waals surface area contributed by atoms with E-state index in [0.717, 1.165) is 0 Å². The van der Waals surface area contributed by atoms with Crippen molar-refractivity contribution >= 4 is 33.4 Å². The van der Waals surface area contributed by atoms with Crippen LogP contribution in [0.25, 0.3) is 0 Å². The van der Waals surface area contributed by atoms with E-state index in [1.165, 1.54) is 26.8 Å². The number of aromatic nitrogens is 4. The number of sulfonamides is 1. The number of nitrogens with one attached hydrogen (secondary N) is 1. The van der Waals surface area contributed by atoms with Gasteiger partial charge in [0.05, 0.1) is 10.1 Å². The van der Waals surface area contributed by atoms with Crippen molar-refractivity contribution in [2.45, 2.75) is 43.0 Å². The van der Waals surface area contributed by atoms with Crippen LogP contribution in [0.15, 0.2) is 28.3 Å². The predicted octanol–water partition coefficient (Wildman–Crippen LogP) is 1.67. The Morgan fingerprint density at radius 2 is 2.00 bits per heavy atom. The van der Waals surface area contributed by atoms with Crippen LogP contribution in [0, 0.1) is 6.92 Å². The standard InChI is InChI=1S/C16H24N6O3S2/c1-6-22(7-2)27(24,25)14-10-13(9-8-11(14)3)17-15(23)12(4)26-16-18-19-20-21(16)5/h8-10,12H,6-7H2,1-5H3,(H,17,23)/t12-/m1/s1. The molecule has 0 aliphatic heterocycles. The minimum Gasteiger partial charge on any atom is -0.325 e. The Balaban J connectivity index is 2.20. The van der Waals surface area contributed by atoms with Crippen molar-refractivity contribution < 1.29 is 13.2 Å². The zero-order valence-corrected chi connectivity index (χ0v) is 17.6. The first-order chi connectivity index (χ1) is 12.7.